The van der Waals surface area contributed by atoms with Gasteiger partial charge in [-0.1, -0.05) is 5.16 Å². The number of nitrogens with two attached hydrogens (primary N) is 1. The maximum absolute atomic E-state index is 12.4. The summed E-state index contributed by atoms with van der Waals surface area (Å²) in [5, 5.41) is 7.82. The molecule has 0 saturated carbocycles. The van der Waals surface area contributed by atoms with E-state index in [1.807, 2.05) is 0 Å². The average molecular weight is 312 g/mol. The molecule has 0 fully saturated rings. The Hall–Kier alpha value is -2.71. The SMILES string of the molecule is Nc1noc2cc(Cn3cccn3)cc(OCC(F)(F)F)c12. The zero-order valence-electron chi connectivity index (χ0n) is 11.2. The molecule has 0 spiro atoms. The molecule has 6 nitrogen and oxygen atoms in total. The molecule has 0 aliphatic heterocycles. The van der Waals surface area contributed by atoms with E-state index in [9.17, 15) is 13.2 Å². The van der Waals surface area contributed by atoms with E-state index in [2.05, 4.69) is 10.3 Å². The van der Waals surface area contributed by atoms with Crippen molar-refractivity contribution < 1.29 is 22.4 Å². The molecule has 2 aromatic heterocycles. The van der Waals surface area contributed by atoms with Crippen molar-refractivity contribution in [3.63, 3.8) is 0 Å². The number of nitrogen functional groups attached to an aromatic ring is 1. The predicted octanol–water partition coefficient (Wildman–Crippen LogP) is 2.60. The number of aromatic nitrogens is 3. The van der Waals surface area contributed by atoms with Crippen molar-refractivity contribution in [2.24, 2.45) is 0 Å². The van der Waals surface area contributed by atoms with Gasteiger partial charge in [0.15, 0.2) is 18.0 Å². The van der Waals surface area contributed by atoms with Gasteiger partial charge in [-0.15, -0.1) is 0 Å². The number of halogens is 3. The van der Waals surface area contributed by atoms with E-state index < -0.39 is 12.8 Å². The minimum atomic E-state index is -4.45. The number of hydrogen-bond acceptors (Lipinski definition) is 5. The fourth-order valence-corrected chi connectivity index (χ4v) is 2.06. The zero-order chi connectivity index (χ0) is 15.7. The second kappa shape index (κ2) is 5.24. The Morgan fingerprint density at radius 1 is 1.32 bits per heavy atom. The third kappa shape index (κ3) is 2.97. The van der Waals surface area contributed by atoms with Gasteiger partial charge < -0.3 is 15.0 Å². The highest BCUT2D eigenvalue weighted by molar-refractivity contribution is 5.93. The first-order chi connectivity index (χ1) is 10.4. The Balaban J connectivity index is 1.97. The van der Waals surface area contributed by atoms with E-state index in [0.717, 1.165) is 0 Å². The number of anilines is 1. The van der Waals surface area contributed by atoms with Gasteiger partial charge in [-0.3, -0.25) is 4.68 Å². The van der Waals surface area contributed by atoms with E-state index in [1.165, 1.54) is 6.07 Å². The molecule has 0 aliphatic rings. The fourth-order valence-electron chi connectivity index (χ4n) is 2.06. The molecule has 0 bridgehead atoms. The van der Waals surface area contributed by atoms with Crippen LogP contribution >= 0.6 is 0 Å². The van der Waals surface area contributed by atoms with Crippen LogP contribution in [-0.2, 0) is 6.54 Å². The van der Waals surface area contributed by atoms with Crippen molar-refractivity contribution >= 4 is 16.8 Å². The molecule has 3 rings (SSSR count). The lowest BCUT2D eigenvalue weighted by Gasteiger charge is -2.11. The third-order valence-corrected chi connectivity index (χ3v) is 2.92. The van der Waals surface area contributed by atoms with Gasteiger partial charge in [-0.2, -0.15) is 18.3 Å². The van der Waals surface area contributed by atoms with Gasteiger partial charge in [0.2, 0.25) is 0 Å². The molecule has 116 valence electrons. The van der Waals surface area contributed by atoms with Crippen molar-refractivity contribution in [1.29, 1.82) is 0 Å². The van der Waals surface area contributed by atoms with Crippen LogP contribution in [0.1, 0.15) is 5.56 Å². The largest absolute Gasteiger partial charge is 0.483 e. The van der Waals surface area contributed by atoms with Crippen LogP contribution in [0, 0.1) is 0 Å². The van der Waals surface area contributed by atoms with Crippen molar-refractivity contribution in [3.05, 3.63) is 36.2 Å². The lowest BCUT2D eigenvalue weighted by molar-refractivity contribution is -0.153. The zero-order valence-corrected chi connectivity index (χ0v) is 11.2. The van der Waals surface area contributed by atoms with Crippen LogP contribution in [-0.4, -0.2) is 27.7 Å². The first-order valence-electron chi connectivity index (χ1n) is 6.27. The monoisotopic (exact) mass is 312 g/mol. The van der Waals surface area contributed by atoms with Crippen molar-refractivity contribution in [2.75, 3.05) is 12.3 Å². The molecule has 9 heteroatoms. The summed E-state index contributed by atoms with van der Waals surface area (Å²) in [7, 11) is 0. The van der Waals surface area contributed by atoms with Crippen molar-refractivity contribution in [3.8, 4) is 5.75 Å². The molecule has 0 unspecified atom stereocenters. The Labute approximate surface area is 122 Å². The molecule has 3 aromatic rings. The summed E-state index contributed by atoms with van der Waals surface area (Å²) in [5.74, 6) is -0.0338. The molecule has 1 aromatic carbocycles. The number of ether oxygens (including phenoxy) is 1. The van der Waals surface area contributed by atoms with Crippen LogP contribution in [0.15, 0.2) is 35.1 Å². The van der Waals surface area contributed by atoms with Crippen LogP contribution in [0.25, 0.3) is 11.0 Å². The van der Waals surface area contributed by atoms with Crippen LogP contribution in [0.5, 0.6) is 5.75 Å². The Morgan fingerprint density at radius 3 is 2.82 bits per heavy atom. The summed E-state index contributed by atoms with van der Waals surface area (Å²) < 4.78 is 48.6. The number of fused-ring (bicyclic) bond motifs is 1. The highest BCUT2D eigenvalue weighted by Gasteiger charge is 2.29. The minimum absolute atomic E-state index is 0.0159. The minimum Gasteiger partial charge on any atom is -0.483 e. The van der Waals surface area contributed by atoms with Crippen LogP contribution < -0.4 is 10.5 Å². The van der Waals surface area contributed by atoms with Gasteiger partial charge in [-0.05, 0) is 23.8 Å². The van der Waals surface area contributed by atoms with E-state index in [1.54, 1.807) is 29.2 Å². The van der Waals surface area contributed by atoms with Crippen molar-refractivity contribution in [2.45, 2.75) is 12.7 Å². The Kier molecular flexibility index (Phi) is 3.39. The molecular formula is C13H11F3N4O2. The lowest BCUT2D eigenvalue weighted by Crippen LogP contribution is -2.19. The molecule has 0 atom stereocenters. The van der Waals surface area contributed by atoms with Gasteiger partial charge >= 0.3 is 6.18 Å². The number of hydrogen-bond donors (Lipinski definition) is 1. The first-order valence-corrected chi connectivity index (χ1v) is 6.27. The first kappa shape index (κ1) is 14.2. The standard InChI is InChI=1S/C13H11F3N4O2/c14-13(15,16)7-21-9-4-8(6-20-3-1-2-18-20)5-10-11(9)12(17)19-22-10/h1-5H,6-7H2,(H2,17,19). The highest BCUT2D eigenvalue weighted by Crippen LogP contribution is 2.33. The van der Waals surface area contributed by atoms with E-state index in [-0.39, 0.29) is 22.5 Å². The molecule has 0 aliphatic carbocycles. The molecule has 2 N–H and O–H groups in total. The quantitative estimate of drug-likeness (QED) is 0.801. The molecular weight excluding hydrogens is 301 g/mol. The summed E-state index contributed by atoms with van der Waals surface area (Å²) in [6, 6.07) is 4.86. The van der Waals surface area contributed by atoms with Crippen molar-refractivity contribution in [1.82, 2.24) is 14.9 Å². The van der Waals surface area contributed by atoms with Gasteiger partial charge in [-0.25, -0.2) is 0 Å². The highest BCUT2D eigenvalue weighted by atomic mass is 19.4. The van der Waals surface area contributed by atoms with Crippen LogP contribution in [0.4, 0.5) is 19.0 Å². The summed E-state index contributed by atoms with van der Waals surface area (Å²) in [4.78, 5) is 0. The maximum Gasteiger partial charge on any atom is 0.422 e. The van der Waals surface area contributed by atoms with Crippen LogP contribution in [0.3, 0.4) is 0 Å². The molecule has 0 amide bonds. The summed E-state index contributed by atoms with van der Waals surface area (Å²) in [6.45, 7) is -1.07. The molecule has 0 radical (unpaired) electrons. The van der Waals surface area contributed by atoms with Gasteiger partial charge in [0.1, 0.15) is 11.1 Å². The topological polar surface area (TPSA) is 79.1 Å². The van der Waals surface area contributed by atoms with E-state index in [0.29, 0.717) is 12.1 Å². The number of nitrogens with zero attached hydrogens (tertiary/aromatic N) is 3. The second-order valence-corrected chi connectivity index (χ2v) is 4.64. The molecule has 2 heterocycles. The second-order valence-electron chi connectivity index (χ2n) is 4.64. The smallest absolute Gasteiger partial charge is 0.422 e. The van der Waals surface area contributed by atoms with Gasteiger partial charge in [0.05, 0.1) is 6.54 Å². The molecule has 22 heavy (non-hydrogen) atoms. The van der Waals surface area contributed by atoms with Crippen LogP contribution in [0.2, 0.25) is 0 Å². The van der Waals surface area contributed by atoms with Gasteiger partial charge in [0, 0.05) is 12.4 Å². The van der Waals surface area contributed by atoms with E-state index in [4.69, 9.17) is 15.0 Å². The summed E-state index contributed by atoms with van der Waals surface area (Å²) >= 11 is 0. The maximum atomic E-state index is 12.4. The van der Waals surface area contributed by atoms with E-state index >= 15 is 0 Å². The number of alkyl halides is 3. The fraction of sp³-hybridized carbons (Fsp3) is 0.231. The molecule has 0 saturated heterocycles. The third-order valence-electron chi connectivity index (χ3n) is 2.92. The van der Waals surface area contributed by atoms with Gasteiger partial charge in [0.25, 0.3) is 0 Å². The lowest BCUT2D eigenvalue weighted by atomic mass is 10.1. The predicted molar refractivity (Wildman–Crippen MR) is 71.3 cm³/mol. The number of rotatable bonds is 4. The summed E-state index contributed by atoms with van der Waals surface area (Å²) in [6.07, 6.45) is -1.11. The summed E-state index contributed by atoms with van der Waals surface area (Å²) in [5.41, 5.74) is 6.54. The number of benzene rings is 1. The normalized spacial score (nSPS) is 12.0. The Bertz CT molecular complexity index is 781. The average Bonchev–Trinajstić information content (AvgIpc) is 3.06. The Morgan fingerprint density at radius 2 is 2.14 bits per heavy atom.